The van der Waals surface area contributed by atoms with Gasteiger partial charge in [-0.2, -0.15) is 5.10 Å². The number of hydrogen-bond acceptors (Lipinski definition) is 4. The van der Waals surface area contributed by atoms with Gasteiger partial charge in [0.2, 0.25) is 10.0 Å². The van der Waals surface area contributed by atoms with E-state index in [1.54, 1.807) is 11.3 Å². The van der Waals surface area contributed by atoms with Gasteiger partial charge in [0.05, 0.1) is 24.0 Å². The van der Waals surface area contributed by atoms with Gasteiger partial charge in [-0.3, -0.25) is 4.68 Å². The van der Waals surface area contributed by atoms with Crippen LogP contribution < -0.4 is 4.72 Å². The van der Waals surface area contributed by atoms with Crippen molar-refractivity contribution < 1.29 is 8.42 Å². The highest BCUT2D eigenvalue weighted by Crippen LogP contribution is 2.28. The van der Waals surface area contributed by atoms with Gasteiger partial charge in [-0.1, -0.05) is 18.9 Å². The van der Waals surface area contributed by atoms with Gasteiger partial charge in [-0.15, -0.1) is 11.3 Å². The summed E-state index contributed by atoms with van der Waals surface area (Å²) in [7, 11) is -3.26. The first kappa shape index (κ1) is 15.7. The summed E-state index contributed by atoms with van der Waals surface area (Å²) in [5.74, 6) is 0.122. The van der Waals surface area contributed by atoms with E-state index in [0.717, 1.165) is 10.6 Å². The Labute approximate surface area is 135 Å². The lowest BCUT2D eigenvalue weighted by molar-refractivity contribution is 0.462. The summed E-state index contributed by atoms with van der Waals surface area (Å²) >= 11 is 1.59. The summed E-state index contributed by atoms with van der Waals surface area (Å²) in [5, 5.41) is 6.46. The Kier molecular flexibility index (Phi) is 4.95. The van der Waals surface area contributed by atoms with Crippen molar-refractivity contribution in [2.45, 2.75) is 44.7 Å². The highest BCUT2D eigenvalue weighted by atomic mass is 32.2. The van der Waals surface area contributed by atoms with E-state index in [0.29, 0.717) is 12.5 Å². The molecule has 1 saturated carbocycles. The Morgan fingerprint density at radius 2 is 2.14 bits per heavy atom. The maximum absolute atomic E-state index is 12.0. The van der Waals surface area contributed by atoms with Crippen molar-refractivity contribution >= 4 is 21.4 Å². The molecule has 0 aromatic carbocycles. The number of hydrogen-bond donors (Lipinski definition) is 1. The highest BCUT2D eigenvalue weighted by molar-refractivity contribution is 7.89. The van der Waals surface area contributed by atoms with E-state index in [9.17, 15) is 8.42 Å². The average Bonchev–Trinajstić information content (AvgIpc) is 3.24. The highest BCUT2D eigenvalue weighted by Gasteiger charge is 2.18. The Bertz CT molecular complexity index is 686. The molecule has 0 amide bonds. The monoisotopic (exact) mass is 339 g/mol. The fraction of sp³-hybridized carbons (Fsp3) is 0.533. The van der Waals surface area contributed by atoms with Crippen LogP contribution in [-0.4, -0.2) is 24.0 Å². The molecule has 2 aromatic heterocycles. The lowest BCUT2D eigenvalue weighted by Crippen LogP contribution is -2.27. The minimum absolute atomic E-state index is 0.122. The van der Waals surface area contributed by atoms with Crippen molar-refractivity contribution in [1.82, 2.24) is 14.5 Å². The SMILES string of the molecule is O=S(=O)(CCc1cccs1)NCc1ccn(C2CCCC2)n1. The van der Waals surface area contributed by atoms with E-state index in [2.05, 4.69) is 9.82 Å². The molecule has 2 aromatic rings. The molecule has 1 N–H and O–H groups in total. The van der Waals surface area contributed by atoms with Crippen LogP contribution in [0.3, 0.4) is 0 Å². The van der Waals surface area contributed by atoms with Gasteiger partial charge in [0.25, 0.3) is 0 Å². The molecule has 0 aliphatic heterocycles. The van der Waals surface area contributed by atoms with E-state index >= 15 is 0 Å². The topological polar surface area (TPSA) is 64.0 Å². The fourth-order valence-corrected chi connectivity index (χ4v) is 4.63. The van der Waals surface area contributed by atoms with Crippen LogP contribution in [0, 0.1) is 0 Å². The van der Waals surface area contributed by atoms with Crippen LogP contribution in [0.25, 0.3) is 0 Å². The largest absolute Gasteiger partial charge is 0.269 e. The zero-order valence-corrected chi connectivity index (χ0v) is 14.1. The number of nitrogens with zero attached hydrogens (tertiary/aromatic N) is 2. The van der Waals surface area contributed by atoms with Crippen LogP contribution in [0.1, 0.15) is 42.3 Å². The quantitative estimate of drug-likeness (QED) is 0.843. The number of aromatic nitrogens is 2. The van der Waals surface area contributed by atoms with Crippen LogP contribution in [0.2, 0.25) is 0 Å². The lowest BCUT2D eigenvalue weighted by Gasteiger charge is -2.09. The molecule has 2 heterocycles. The summed E-state index contributed by atoms with van der Waals surface area (Å²) in [6.45, 7) is 0.270. The van der Waals surface area contributed by atoms with E-state index in [4.69, 9.17) is 0 Å². The molecule has 120 valence electrons. The molecule has 0 atom stereocenters. The van der Waals surface area contributed by atoms with Crippen molar-refractivity contribution in [3.05, 3.63) is 40.3 Å². The number of sulfonamides is 1. The maximum atomic E-state index is 12.0. The van der Waals surface area contributed by atoms with Gasteiger partial charge in [-0.05, 0) is 36.8 Å². The summed E-state index contributed by atoms with van der Waals surface area (Å²) in [6, 6.07) is 6.29. The second-order valence-electron chi connectivity index (χ2n) is 5.69. The van der Waals surface area contributed by atoms with Crippen LogP contribution in [-0.2, 0) is 23.0 Å². The molecule has 0 radical (unpaired) electrons. The fourth-order valence-electron chi connectivity index (χ4n) is 2.79. The maximum Gasteiger partial charge on any atom is 0.212 e. The molecule has 0 unspecified atom stereocenters. The number of aryl methyl sites for hydroxylation is 1. The predicted molar refractivity (Wildman–Crippen MR) is 88.4 cm³/mol. The summed E-state index contributed by atoms with van der Waals surface area (Å²) in [6.07, 6.45) is 7.39. The molecular formula is C15H21N3O2S2. The number of rotatable bonds is 7. The lowest BCUT2D eigenvalue weighted by atomic mass is 10.3. The van der Waals surface area contributed by atoms with E-state index in [-0.39, 0.29) is 12.3 Å². The third kappa shape index (κ3) is 4.18. The third-order valence-corrected chi connectivity index (χ3v) is 6.29. The van der Waals surface area contributed by atoms with Crippen LogP contribution in [0.5, 0.6) is 0 Å². The average molecular weight is 339 g/mol. The molecule has 22 heavy (non-hydrogen) atoms. The summed E-state index contributed by atoms with van der Waals surface area (Å²) < 4.78 is 28.7. The van der Waals surface area contributed by atoms with Gasteiger partial charge < -0.3 is 0 Å². The zero-order valence-electron chi connectivity index (χ0n) is 12.4. The number of thiophene rings is 1. The molecular weight excluding hydrogens is 318 g/mol. The molecule has 1 aliphatic rings. The molecule has 0 bridgehead atoms. The second kappa shape index (κ2) is 6.93. The molecule has 1 fully saturated rings. The second-order valence-corrected chi connectivity index (χ2v) is 8.65. The Morgan fingerprint density at radius 3 is 2.86 bits per heavy atom. The van der Waals surface area contributed by atoms with Gasteiger partial charge in [0.1, 0.15) is 0 Å². The normalized spacial score (nSPS) is 16.4. The smallest absolute Gasteiger partial charge is 0.212 e. The van der Waals surface area contributed by atoms with Gasteiger partial charge in [-0.25, -0.2) is 13.1 Å². The standard InChI is InChI=1S/C15H21N3O2S2/c19-22(20,11-8-15-6-3-10-21-15)16-12-13-7-9-18(17-13)14-4-1-2-5-14/h3,6-7,9-10,14,16H,1-2,4-5,8,11-12H2. The van der Waals surface area contributed by atoms with Crippen LogP contribution >= 0.6 is 11.3 Å². The third-order valence-electron chi connectivity index (χ3n) is 4.03. The van der Waals surface area contributed by atoms with E-state index in [1.807, 2.05) is 34.5 Å². The van der Waals surface area contributed by atoms with Crippen molar-refractivity contribution in [1.29, 1.82) is 0 Å². The van der Waals surface area contributed by atoms with Gasteiger partial charge in [0.15, 0.2) is 0 Å². The molecule has 0 saturated heterocycles. The summed E-state index contributed by atoms with van der Waals surface area (Å²) in [4.78, 5) is 1.09. The van der Waals surface area contributed by atoms with Gasteiger partial charge >= 0.3 is 0 Å². The van der Waals surface area contributed by atoms with Crippen molar-refractivity contribution in [2.24, 2.45) is 0 Å². The Balaban J connectivity index is 1.50. The van der Waals surface area contributed by atoms with Crippen molar-refractivity contribution in [2.75, 3.05) is 5.75 Å². The van der Waals surface area contributed by atoms with Crippen molar-refractivity contribution in [3.8, 4) is 0 Å². The minimum atomic E-state index is -3.26. The molecule has 0 spiro atoms. The first-order valence-corrected chi connectivity index (χ1v) is 10.2. The minimum Gasteiger partial charge on any atom is -0.269 e. The number of nitrogens with one attached hydrogen (secondary N) is 1. The van der Waals surface area contributed by atoms with Crippen molar-refractivity contribution in [3.63, 3.8) is 0 Å². The molecule has 1 aliphatic carbocycles. The molecule has 5 nitrogen and oxygen atoms in total. The van der Waals surface area contributed by atoms with Crippen LogP contribution in [0.15, 0.2) is 29.8 Å². The first-order valence-electron chi connectivity index (χ1n) is 7.66. The molecule has 7 heteroatoms. The van der Waals surface area contributed by atoms with Crippen LogP contribution in [0.4, 0.5) is 0 Å². The Hall–Kier alpha value is -1.18. The van der Waals surface area contributed by atoms with Gasteiger partial charge in [0, 0.05) is 11.1 Å². The predicted octanol–water partition coefficient (Wildman–Crippen LogP) is 2.72. The van der Waals surface area contributed by atoms with E-state index in [1.165, 1.54) is 25.7 Å². The Morgan fingerprint density at radius 1 is 1.32 bits per heavy atom. The molecule has 3 rings (SSSR count). The first-order chi connectivity index (χ1) is 10.6. The summed E-state index contributed by atoms with van der Waals surface area (Å²) in [5.41, 5.74) is 0.784. The zero-order chi connectivity index (χ0) is 15.4. The van der Waals surface area contributed by atoms with E-state index < -0.39 is 10.0 Å².